The summed E-state index contributed by atoms with van der Waals surface area (Å²) in [6.45, 7) is 5.13. The van der Waals surface area contributed by atoms with Crippen molar-refractivity contribution >= 4 is 5.69 Å². The fourth-order valence-electron chi connectivity index (χ4n) is 2.78. The highest BCUT2D eigenvalue weighted by Gasteiger charge is 2.18. The van der Waals surface area contributed by atoms with Crippen molar-refractivity contribution in [2.75, 3.05) is 18.5 Å². The zero-order valence-electron chi connectivity index (χ0n) is 12.9. The minimum atomic E-state index is 0.336. The Morgan fingerprint density at radius 1 is 1.38 bits per heavy atom. The number of ether oxygens (including phenoxy) is 1. The number of aromatic nitrogens is 1. The van der Waals surface area contributed by atoms with Crippen molar-refractivity contribution in [3.05, 3.63) is 23.0 Å². The average molecular weight is 288 g/mol. The highest BCUT2D eigenvalue weighted by molar-refractivity contribution is 5.59. The minimum absolute atomic E-state index is 0.336. The van der Waals surface area contributed by atoms with Gasteiger partial charge in [-0.3, -0.25) is 4.98 Å². The third-order valence-electron chi connectivity index (χ3n) is 3.93. The van der Waals surface area contributed by atoms with Crippen LogP contribution in [0.3, 0.4) is 0 Å². The molecule has 0 saturated heterocycles. The number of hydrogen-bond donors (Lipinski definition) is 2. The van der Waals surface area contributed by atoms with Crippen LogP contribution in [0.1, 0.15) is 42.6 Å². The van der Waals surface area contributed by atoms with E-state index in [0.717, 1.165) is 42.8 Å². The quantitative estimate of drug-likeness (QED) is 0.812. The van der Waals surface area contributed by atoms with Gasteiger partial charge in [-0.1, -0.05) is 0 Å². The molecule has 1 aromatic rings. The first-order chi connectivity index (χ1) is 10.1. The average Bonchev–Trinajstić information content (AvgIpc) is 2.45. The molecule has 0 aliphatic heterocycles. The number of nitrogens with zero attached hydrogens (tertiary/aromatic N) is 2. The predicted octanol–water partition coefficient (Wildman–Crippen LogP) is 2.27. The molecule has 1 aliphatic carbocycles. The zero-order chi connectivity index (χ0) is 15.2. The fraction of sp³-hybridized carbons (Fsp3) is 0.625. The van der Waals surface area contributed by atoms with Crippen LogP contribution in [0.2, 0.25) is 0 Å². The van der Waals surface area contributed by atoms with Gasteiger partial charge in [0.15, 0.2) is 0 Å². The minimum Gasteiger partial charge on any atom is -0.382 e. The van der Waals surface area contributed by atoms with Crippen LogP contribution < -0.4 is 11.1 Å². The summed E-state index contributed by atoms with van der Waals surface area (Å²) >= 11 is 0. The van der Waals surface area contributed by atoms with Gasteiger partial charge in [0.25, 0.3) is 0 Å². The molecule has 0 bridgehead atoms. The molecule has 114 valence electrons. The molecular formula is C16H24N4O. The second-order valence-corrected chi connectivity index (χ2v) is 5.72. The molecule has 0 spiro atoms. The summed E-state index contributed by atoms with van der Waals surface area (Å²) in [5.74, 6) is 0. The van der Waals surface area contributed by atoms with Gasteiger partial charge in [-0.15, -0.1) is 0 Å². The summed E-state index contributed by atoms with van der Waals surface area (Å²) in [7, 11) is 0. The Kier molecular flexibility index (Phi) is 5.54. The summed E-state index contributed by atoms with van der Waals surface area (Å²) < 4.78 is 5.87. The number of nitrogens with two attached hydrogens (primary N) is 1. The summed E-state index contributed by atoms with van der Waals surface area (Å²) in [5.41, 5.74) is 9.02. The van der Waals surface area contributed by atoms with Crippen molar-refractivity contribution in [2.45, 2.75) is 51.7 Å². The monoisotopic (exact) mass is 288 g/mol. The molecule has 1 aliphatic rings. The topological polar surface area (TPSA) is 84.0 Å². The molecule has 5 nitrogen and oxygen atoms in total. The second kappa shape index (κ2) is 7.39. The van der Waals surface area contributed by atoms with Crippen molar-refractivity contribution in [2.24, 2.45) is 5.73 Å². The molecular weight excluding hydrogens is 264 g/mol. The molecule has 0 aromatic carbocycles. The van der Waals surface area contributed by atoms with Crippen LogP contribution in [-0.4, -0.2) is 30.3 Å². The SMILES string of the molecule is Cc1cc(NCCOC2CCC(N)CC2)c(C#N)c(C)n1. The van der Waals surface area contributed by atoms with Gasteiger partial charge in [-0.05, 0) is 45.6 Å². The number of anilines is 1. The van der Waals surface area contributed by atoms with E-state index in [4.69, 9.17) is 10.5 Å². The third-order valence-corrected chi connectivity index (χ3v) is 3.93. The van der Waals surface area contributed by atoms with Crippen LogP contribution in [0, 0.1) is 25.2 Å². The Balaban J connectivity index is 1.80. The molecule has 21 heavy (non-hydrogen) atoms. The summed E-state index contributed by atoms with van der Waals surface area (Å²) in [6, 6.07) is 4.47. The number of aryl methyl sites for hydroxylation is 2. The smallest absolute Gasteiger partial charge is 0.103 e. The van der Waals surface area contributed by atoms with Crippen molar-refractivity contribution < 1.29 is 4.74 Å². The first kappa shape index (κ1) is 15.7. The van der Waals surface area contributed by atoms with E-state index in [0.29, 0.717) is 30.9 Å². The molecule has 1 saturated carbocycles. The lowest BCUT2D eigenvalue weighted by Gasteiger charge is -2.26. The Labute approximate surface area is 126 Å². The number of pyridine rings is 1. The Hall–Kier alpha value is -1.64. The summed E-state index contributed by atoms with van der Waals surface area (Å²) in [6.07, 6.45) is 4.55. The molecule has 3 N–H and O–H groups in total. The molecule has 5 heteroatoms. The molecule has 2 rings (SSSR count). The number of hydrogen-bond acceptors (Lipinski definition) is 5. The zero-order valence-corrected chi connectivity index (χ0v) is 12.9. The largest absolute Gasteiger partial charge is 0.382 e. The lowest BCUT2D eigenvalue weighted by atomic mass is 9.94. The maximum absolute atomic E-state index is 9.20. The summed E-state index contributed by atoms with van der Waals surface area (Å²) in [4.78, 5) is 4.31. The molecule has 0 amide bonds. The molecule has 1 fully saturated rings. The van der Waals surface area contributed by atoms with Crippen molar-refractivity contribution in [1.82, 2.24) is 4.98 Å². The lowest BCUT2D eigenvalue weighted by molar-refractivity contribution is 0.0313. The van der Waals surface area contributed by atoms with Gasteiger partial charge in [0.05, 0.1) is 29.7 Å². The van der Waals surface area contributed by atoms with Gasteiger partial charge in [-0.25, -0.2) is 0 Å². The maximum atomic E-state index is 9.20. The van der Waals surface area contributed by atoms with E-state index in [2.05, 4.69) is 16.4 Å². The standard InChI is InChI=1S/C16H24N4O/c1-11-9-16(15(10-17)12(2)20-11)19-7-8-21-14-5-3-13(18)4-6-14/h9,13-14H,3-8,18H2,1-2H3,(H,19,20). The second-order valence-electron chi connectivity index (χ2n) is 5.72. The van der Waals surface area contributed by atoms with Crippen LogP contribution in [0.25, 0.3) is 0 Å². The molecule has 1 aromatic heterocycles. The maximum Gasteiger partial charge on any atom is 0.103 e. The fourth-order valence-corrected chi connectivity index (χ4v) is 2.78. The van der Waals surface area contributed by atoms with E-state index in [1.165, 1.54) is 0 Å². The van der Waals surface area contributed by atoms with Crippen LogP contribution in [-0.2, 0) is 4.74 Å². The van der Waals surface area contributed by atoms with Crippen molar-refractivity contribution in [3.63, 3.8) is 0 Å². The number of nitrogens with one attached hydrogen (secondary N) is 1. The van der Waals surface area contributed by atoms with Gasteiger partial charge in [0.1, 0.15) is 6.07 Å². The van der Waals surface area contributed by atoms with Gasteiger partial charge in [0, 0.05) is 18.3 Å². The number of nitriles is 1. The van der Waals surface area contributed by atoms with Crippen molar-refractivity contribution in [3.8, 4) is 6.07 Å². The van der Waals surface area contributed by atoms with E-state index in [-0.39, 0.29) is 0 Å². The molecule has 0 atom stereocenters. The Bertz CT molecular complexity index is 516. The van der Waals surface area contributed by atoms with E-state index < -0.39 is 0 Å². The van der Waals surface area contributed by atoms with Crippen LogP contribution in [0.5, 0.6) is 0 Å². The van der Waals surface area contributed by atoms with Gasteiger partial charge in [0.2, 0.25) is 0 Å². The molecule has 1 heterocycles. The first-order valence-electron chi connectivity index (χ1n) is 7.59. The van der Waals surface area contributed by atoms with Gasteiger partial charge >= 0.3 is 0 Å². The molecule has 0 unspecified atom stereocenters. The van der Waals surface area contributed by atoms with Crippen LogP contribution in [0.15, 0.2) is 6.07 Å². The Morgan fingerprint density at radius 2 is 2.10 bits per heavy atom. The number of rotatable bonds is 5. The predicted molar refractivity (Wildman–Crippen MR) is 83.1 cm³/mol. The first-order valence-corrected chi connectivity index (χ1v) is 7.59. The van der Waals surface area contributed by atoms with Crippen molar-refractivity contribution in [1.29, 1.82) is 5.26 Å². The molecule has 0 radical (unpaired) electrons. The summed E-state index contributed by atoms with van der Waals surface area (Å²) in [5, 5.41) is 12.5. The van der Waals surface area contributed by atoms with Gasteiger partial charge < -0.3 is 15.8 Å². The highest BCUT2D eigenvalue weighted by atomic mass is 16.5. The van der Waals surface area contributed by atoms with E-state index >= 15 is 0 Å². The van der Waals surface area contributed by atoms with E-state index in [9.17, 15) is 5.26 Å². The Morgan fingerprint density at radius 3 is 2.76 bits per heavy atom. The van der Waals surface area contributed by atoms with Gasteiger partial charge in [-0.2, -0.15) is 5.26 Å². The van der Waals surface area contributed by atoms with Crippen LogP contribution >= 0.6 is 0 Å². The normalized spacial score (nSPS) is 21.8. The van der Waals surface area contributed by atoms with E-state index in [1.54, 1.807) is 0 Å². The lowest BCUT2D eigenvalue weighted by Crippen LogP contribution is -2.31. The highest BCUT2D eigenvalue weighted by Crippen LogP contribution is 2.20. The third kappa shape index (κ3) is 4.42. The van der Waals surface area contributed by atoms with Crippen LogP contribution in [0.4, 0.5) is 5.69 Å². The van der Waals surface area contributed by atoms with E-state index in [1.807, 2.05) is 19.9 Å².